The number of H-pyrrole nitrogens is 1. The summed E-state index contributed by atoms with van der Waals surface area (Å²) in [5.74, 6) is -5.92. The van der Waals surface area contributed by atoms with Crippen molar-refractivity contribution in [1.82, 2.24) is 20.1 Å². The maximum Gasteiger partial charge on any atom is 0.306 e. The van der Waals surface area contributed by atoms with Gasteiger partial charge in [-0.15, -0.1) is 0 Å². The number of aromatic hydroxyl groups is 2. The first-order valence-electron chi connectivity index (χ1n) is 27.2. The van der Waals surface area contributed by atoms with Crippen molar-refractivity contribution in [3.8, 4) is 40.1 Å². The van der Waals surface area contributed by atoms with Gasteiger partial charge in [0, 0.05) is 98.3 Å². The number of phenolic OH excluding ortho intramolecular Hbond substituents is 2. The molecule has 0 spiro atoms. The Kier molecular flexibility index (Phi) is 16.7. The number of benzene rings is 4. The summed E-state index contributed by atoms with van der Waals surface area (Å²) < 4.78 is 39.6. The molecule has 2 fully saturated rings. The monoisotopic (exact) mass is 1160 g/mol. The Bertz CT molecular complexity index is 3590. The fourth-order valence-electron chi connectivity index (χ4n) is 11.3. The van der Waals surface area contributed by atoms with Gasteiger partial charge in [0.05, 0.1) is 78.5 Å². The van der Waals surface area contributed by atoms with Crippen molar-refractivity contribution in [2.45, 2.75) is 81.7 Å². The third kappa shape index (κ3) is 11.2. The minimum absolute atomic E-state index is 0.0139. The van der Waals surface area contributed by atoms with E-state index in [2.05, 4.69) is 10.3 Å². The van der Waals surface area contributed by atoms with Crippen LogP contribution in [0.15, 0.2) is 83.6 Å². The lowest BCUT2D eigenvalue weighted by Crippen LogP contribution is -2.53. The number of piperazine rings is 1. The van der Waals surface area contributed by atoms with Crippen molar-refractivity contribution in [2.24, 2.45) is 5.73 Å². The standard InChI is InChI=1S/C60H61N5O19/c1-30-52(69)37(61)25-45(83-30)84-41-27-60(77,26-35-48(41)57(74)50-49(54(35)71)53(70)34-10-5-11-39(78-2)47(34)56(50)73)42(66)29-82-44(68)14-6-13-43(67)62-17-23-80-32-9-4-8-31(24-32)58(75)64-18-20-65(21-19-64)59(76)55(72)36-28-63-51-33(38-12-7-22-81-38)15-16-40(79-3)46(36)51/h4-5,7-12,15-16,22,24,28,30,37,41,45,52,63,69,71,74,77H,6,13-14,17-21,23,25-27,29,61H2,1-3H3,(H,62,67)/t30-,37-,41-,45-,52+,60-/m0/s1. The van der Waals surface area contributed by atoms with Crippen LogP contribution in [0, 0.1) is 0 Å². The van der Waals surface area contributed by atoms with Crippen LogP contribution in [0.25, 0.3) is 22.2 Å². The van der Waals surface area contributed by atoms with Gasteiger partial charge in [-0.25, -0.2) is 0 Å². The molecule has 2 saturated heterocycles. The Balaban J connectivity index is 0.685. The second-order valence-electron chi connectivity index (χ2n) is 20.9. The second kappa shape index (κ2) is 24.1. The molecule has 6 aromatic rings. The van der Waals surface area contributed by atoms with Gasteiger partial charge in [-0.1, -0.05) is 18.2 Å². The topological polar surface area (TPSA) is 346 Å². The van der Waals surface area contributed by atoms with Gasteiger partial charge in [0.2, 0.25) is 17.5 Å². The number of amides is 3. The molecule has 4 aliphatic rings. The molecule has 440 valence electrons. The van der Waals surface area contributed by atoms with Crippen molar-refractivity contribution in [3.63, 3.8) is 0 Å². The normalized spacial score (nSPS) is 21.0. The number of aliphatic hydroxyl groups is 2. The molecule has 0 bridgehead atoms. The Morgan fingerprint density at radius 3 is 2.32 bits per heavy atom. The van der Waals surface area contributed by atoms with E-state index < -0.39 is 119 Å². The van der Waals surface area contributed by atoms with Crippen molar-refractivity contribution in [3.05, 3.63) is 124 Å². The summed E-state index contributed by atoms with van der Waals surface area (Å²) in [7, 11) is 2.77. The van der Waals surface area contributed by atoms with E-state index in [9.17, 15) is 58.8 Å². The first-order chi connectivity index (χ1) is 40.3. The molecule has 2 aliphatic carbocycles. The van der Waals surface area contributed by atoms with Crippen molar-refractivity contribution < 1.29 is 91.6 Å². The highest BCUT2D eigenvalue weighted by atomic mass is 16.7. The number of esters is 1. The molecule has 4 aromatic carbocycles. The average Bonchev–Trinajstić information content (AvgIpc) is 1.07. The SMILES string of the molecule is COc1cccc2c1C(=O)c1c(O)c3c(c(O)c1C2=O)C[C@@](O)(C(=O)COC(=O)CCCC(=O)NCCOc1cccc(C(=O)N2CCN(C(=O)C(=O)c4c[nH]c5c(-c6ccco6)ccc(OC)c45)CC2)c1)C[C@@H]3O[C@H]1C[C@H](N)[C@H](O)[C@H](C)O1. The van der Waals surface area contributed by atoms with E-state index in [1.165, 1.54) is 49.8 Å². The molecule has 6 atom stereocenters. The van der Waals surface area contributed by atoms with Crippen LogP contribution in [0.5, 0.6) is 28.7 Å². The van der Waals surface area contributed by atoms with Crippen molar-refractivity contribution in [1.29, 1.82) is 0 Å². The molecule has 0 saturated carbocycles. The lowest BCUT2D eigenvalue weighted by molar-refractivity contribution is -0.247. The molecule has 0 radical (unpaired) electrons. The van der Waals surface area contributed by atoms with Crippen LogP contribution in [-0.2, 0) is 39.8 Å². The number of methoxy groups -OCH3 is 2. The lowest BCUT2D eigenvalue weighted by Gasteiger charge is -2.42. The molecule has 10 rings (SSSR count). The average molecular weight is 1160 g/mol. The van der Waals surface area contributed by atoms with E-state index in [1.54, 1.807) is 60.4 Å². The Morgan fingerprint density at radius 1 is 0.857 bits per heavy atom. The smallest absolute Gasteiger partial charge is 0.306 e. The van der Waals surface area contributed by atoms with E-state index >= 15 is 0 Å². The Morgan fingerprint density at radius 2 is 1.60 bits per heavy atom. The number of nitrogens with two attached hydrogens (primary N) is 1. The molecule has 24 nitrogen and oxygen atoms in total. The minimum atomic E-state index is -2.45. The second-order valence-corrected chi connectivity index (χ2v) is 20.9. The molecule has 4 heterocycles. The summed E-state index contributed by atoms with van der Waals surface area (Å²) in [6, 6.07) is 16.9. The summed E-state index contributed by atoms with van der Waals surface area (Å²) in [6.07, 6.45) is -3.35. The highest BCUT2D eigenvalue weighted by molar-refractivity contribution is 6.45. The van der Waals surface area contributed by atoms with E-state index in [0.29, 0.717) is 39.3 Å². The summed E-state index contributed by atoms with van der Waals surface area (Å²) in [5, 5.41) is 49.3. The summed E-state index contributed by atoms with van der Waals surface area (Å²) in [6.45, 7) is 1.27. The van der Waals surface area contributed by atoms with E-state index in [1.807, 2.05) is 0 Å². The first kappa shape index (κ1) is 58.3. The molecule has 84 heavy (non-hydrogen) atoms. The van der Waals surface area contributed by atoms with Gasteiger partial charge in [0.25, 0.3) is 17.6 Å². The van der Waals surface area contributed by atoms with E-state index in [-0.39, 0.29) is 104 Å². The van der Waals surface area contributed by atoms with E-state index in [4.69, 9.17) is 38.6 Å². The van der Waals surface area contributed by atoms with Crippen LogP contribution in [0.3, 0.4) is 0 Å². The molecule has 2 aliphatic heterocycles. The number of aliphatic hydroxyl groups excluding tert-OH is 1. The van der Waals surface area contributed by atoms with Crippen LogP contribution in [0.4, 0.5) is 0 Å². The number of carbonyl (C=O) groups excluding carboxylic acids is 8. The maximum atomic E-state index is 14.1. The van der Waals surface area contributed by atoms with Crippen LogP contribution in [0.1, 0.15) is 109 Å². The summed E-state index contributed by atoms with van der Waals surface area (Å²) >= 11 is 0. The zero-order valence-electron chi connectivity index (χ0n) is 46.0. The highest BCUT2D eigenvalue weighted by Crippen LogP contribution is 2.53. The number of ketones is 4. The number of hydrogen-bond acceptors (Lipinski definition) is 20. The number of hydrogen-bond donors (Lipinski definition) is 7. The van der Waals surface area contributed by atoms with Crippen LogP contribution < -0.4 is 25.3 Å². The maximum absolute atomic E-state index is 14.1. The fourth-order valence-corrected chi connectivity index (χ4v) is 11.3. The number of aromatic nitrogens is 1. The number of ether oxygens (including phenoxy) is 6. The number of nitrogens with one attached hydrogen (secondary N) is 2. The highest BCUT2D eigenvalue weighted by Gasteiger charge is 2.51. The molecule has 8 N–H and O–H groups in total. The number of fused-ring (bicyclic) bond motifs is 4. The van der Waals surface area contributed by atoms with Gasteiger partial charge in [-0.2, -0.15) is 0 Å². The molecule has 2 aromatic heterocycles. The third-order valence-corrected chi connectivity index (χ3v) is 15.7. The van der Waals surface area contributed by atoms with Gasteiger partial charge >= 0.3 is 5.97 Å². The largest absolute Gasteiger partial charge is 0.507 e. The number of carbonyl (C=O) groups is 8. The van der Waals surface area contributed by atoms with Crippen molar-refractivity contribution in [2.75, 3.05) is 60.2 Å². The molecular weight excluding hydrogens is 1090 g/mol. The van der Waals surface area contributed by atoms with Gasteiger partial charge < -0.3 is 79.1 Å². The molecular formula is C60H61N5O19. The number of furan rings is 1. The van der Waals surface area contributed by atoms with Crippen molar-refractivity contribution >= 4 is 57.7 Å². The Labute approximate surface area is 479 Å². The van der Waals surface area contributed by atoms with Gasteiger partial charge in [-0.05, 0) is 61.9 Å². The number of phenols is 2. The zero-order valence-corrected chi connectivity index (χ0v) is 46.0. The fraction of sp³-hybridized carbons (Fsp3) is 0.367. The molecule has 3 amide bonds. The predicted molar refractivity (Wildman–Crippen MR) is 294 cm³/mol. The lowest BCUT2D eigenvalue weighted by atomic mass is 9.72. The van der Waals surface area contributed by atoms with Gasteiger partial charge in [0.1, 0.15) is 46.7 Å². The van der Waals surface area contributed by atoms with E-state index in [0.717, 1.165) is 0 Å². The minimum Gasteiger partial charge on any atom is -0.507 e. The molecule has 24 heteroatoms. The number of Topliss-reactive ketones (excluding diaryl/α,β-unsaturated/α-hetero) is 2. The van der Waals surface area contributed by atoms with Crippen LogP contribution >= 0.6 is 0 Å². The zero-order chi connectivity index (χ0) is 59.7. The predicted octanol–water partition coefficient (Wildman–Crippen LogP) is 3.83. The number of rotatable bonds is 19. The van der Waals surface area contributed by atoms with Gasteiger partial charge in [-0.3, -0.25) is 38.4 Å². The van der Waals surface area contributed by atoms with Gasteiger partial charge in [0.15, 0.2) is 18.7 Å². The number of aromatic amines is 1. The quantitative estimate of drug-likeness (QED) is 0.0199. The third-order valence-electron chi connectivity index (χ3n) is 15.7. The first-order valence-corrected chi connectivity index (χ1v) is 27.2. The summed E-state index contributed by atoms with van der Waals surface area (Å²) in [4.78, 5) is 114. The molecule has 0 unspecified atom stereocenters. The summed E-state index contributed by atoms with van der Waals surface area (Å²) in [5.41, 5.74) is 3.58. The number of nitrogens with zero attached hydrogens (tertiary/aromatic N) is 2. The van der Waals surface area contributed by atoms with Crippen LogP contribution in [-0.4, -0.2) is 172 Å². The Hall–Kier alpha value is -8.94. The van der Waals surface area contributed by atoms with Crippen LogP contribution in [0.2, 0.25) is 0 Å².